The van der Waals surface area contributed by atoms with Crippen molar-refractivity contribution in [3.05, 3.63) is 0 Å². The molecular weight excluding hydrogens is 149 g/mol. The van der Waals surface area contributed by atoms with Gasteiger partial charge < -0.3 is 9.84 Å². The fourth-order valence-electron chi connectivity index (χ4n) is 1.61. The Bertz CT molecular complexity index is 149. The molecule has 4 heteroatoms. The van der Waals surface area contributed by atoms with Gasteiger partial charge in [0.2, 0.25) is 0 Å². The highest BCUT2D eigenvalue weighted by molar-refractivity contribution is 4.91. The van der Waals surface area contributed by atoms with Crippen molar-refractivity contribution in [2.24, 2.45) is 0 Å². The monoisotopic (exact) mass is 161 g/mol. The Hall–Kier alpha value is -0.190. The summed E-state index contributed by atoms with van der Waals surface area (Å²) in [5.41, 5.74) is 0. The van der Waals surface area contributed by atoms with Gasteiger partial charge in [-0.15, -0.1) is 0 Å². The molecule has 11 heavy (non-hydrogen) atoms. The molecular formula is C7H12FNO2. The van der Waals surface area contributed by atoms with Gasteiger partial charge >= 0.3 is 0 Å². The van der Waals surface area contributed by atoms with Crippen LogP contribution >= 0.6 is 0 Å². The lowest BCUT2D eigenvalue weighted by Gasteiger charge is -2.39. The van der Waals surface area contributed by atoms with E-state index >= 15 is 0 Å². The molecule has 0 aromatic heterocycles. The first-order chi connectivity index (χ1) is 5.27. The first-order valence-corrected chi connectivity index (χ1v) is 3.91. The lowest BCUT2D eigenvalue weighted by molar-refractivity contribution is -0.00853. The largest absolute Gasteiger partial charge is 0.389 e. The smallest absolute Gasteiger partial charge is 0.125 e. The Balaban J connectivity index is 1.85. The lowest BCUT2D eigenvalue weighted by Crippen LogP contribution is -2.57. The molecule has 0 spiro atoms. The molecule has 1 N–H and O–H groups in total. The van der Waals surface area contributed by atoms with Gasteiger partial charge in [-0.1, -0.05) is 0 Å². The Labute approximate surface area is 64.8 Å². The van der Waals surface area contributed by atoms with Crippen LogP contribution in [0.3, 0.4) is 0 Å². The summed E-state index contributed by atoms with van der Waals surface area (Å²) in [7, 11) is 0. The van der Waals surface area contributed by atoms with E-state index in [1.54, 1.807) is 0 Å². The number of nitrogens with zero attached hydrogens (tertiary/aromatic N) is 1. The van der Waals surface area contributed by atoms with Crippen LogP contribution in [0.15, 0.2) is 0 Å². The number of halogens is 1. The van der Waals surface area contributed by atoms with Crippen LogP contribution in [-0.2, 0) is 4.74 Å². The SMILES string of the molecule is O[C@@H]1COC[C@H]1N1CC(F)C1. The molecule has 0 unspecified atom stereocenters. The quantitative estimate of drug-likeness (QED) is 0.557. The lowest BCUT2D eigenvalue weighted by atomic mass is 10.1. The molecule has 0 radical (unpaired) electrons. The van der Waals surface area contributed by atoms with E-state index in [0.717, 1.165) is 0 Å². The molecule has 2 saturated heterocycles. The number of hydrogen-bond donors (Lipinski definition) is 1. The van der Waals surface area contributed by atoms with Gasteiger partial charge in [-0.2, -0.15) is 0 Å². The summed E-state index contributed by atoms with van der Waals surface area (Å²) in [4.78, 5) is 1.93. The Morgan fingerprint density at radius 2 is 2.09 bits per heavy atom. The molecule has 64 valence electrons. The van der Waals surface area contributed by atoms with Crippen LogP contribution in [0.4, 0.5) is 4.39 Å². The summed E-state index contributed by atoms with van der Waals surface area (Å²) in [5.74, 6) is 0. The predicted octanol–water partition coefficient (Wildman–Crippen LogP) is -0.600. The maximum atomic E-state index is 12.4. The topological polar surface area (TPSA) is 32.7 Å². The summed E-state index contributed by atoms with van der Waals surface area (Å²) in [5, 5.41) is 9.32. The van der Waals surface area contributed by atoms with Crippen molar-refractivity contribution in [1.82, 2.24) is 4.90 Å². The molecule has 0 bridgehead atoms. The predicted molar refractivity (Wildman–Crippen MR) is 37.1 cm³/mol. The van der Waals surface area contributed by atoms with Gasteiger partial charge in [-0.25, -0.2) is 4.39 Å². The molecule has 2 aliphatic heterocycles. The highest BCUT2D eigenvalue weighted by Gasteiger charge is 2.38. The van der Waals surface area contributed by atoms with Crippen molar-refractivity contribution in [3.8, 4) is 0 Å². The first kappa shape index (κ1) is 7.46. The van der Waals surface area contributed by atoms with Crippen LogP contribution in [0.5, 0.6) is 0 Å². The van der Waals surface area contributed by atoms with Crippen molar-refractivity contribution < 1.29 is 14.2 Å². The van der Waals surface area contributed by atoms with Gasteiger partial charge in [0.05, 0.1) is 25.4 Å². The molecule has 2 atom stereocenters. The van der Waals surface area contributed by atoms with Gasteiger partial charge in [-0.3, -0.25) is 4.90 Å². The minimum Gasteiger partial charge on any atom is -0.389 e. The second-order valence-corrected chi connectivity index (χ2v) is 3.22. The van der Waals surface area contributed by atoms with Crippen molar-refractivity contribution in [2.45, 2.75) is 18.3 Å². The summed E-state index contributed by atoms with van der Waals surface area (Å²) < 4.78 is 17.4. The fraction of sp³-hybridized carbons (Fsp3) is 1.00. The second kappa shape index (κ2) is 2.69. The molecule has 2 fully saturated rings. The average Bonchev–Trinajstić information content (AvgIpc) is 2.29. The van der Waals surface area contributed by atoms with Gasteiger partial charge in [0.25, 0.3) is 0 Å². The van der Waals surface area contributed by atoms with Gasteiger partial charge in [0.15, 0.2) is 0 Å². The highest BCUT2D eigenvalue weighted by Crippen LogP contribution is 2.20. The van der Waals surface area contributed by atoms with E-state index in [0.29, 0.717) is 26.3 Å². The molecule has 2 rings (SSSR count). The first-order valence-electron chi connectivity index (χ1n) is 3.91. The minimum absolute atomic E-state index is 0.0435. The van der Waals surface area contributed by atoms with Crippen molar-refractivity contribution in [1.29, 1.82) is 0 Å². The standard InChI is InChI=1S/C7H12FNO2/c8-5-1-9(2-5)6-3-11-4-7(6)10/h5-7,10H,1-4H2/t6-,7-/m1/s1. The summed E-state index contributed by atoms with van der Waals surface area (Å²) in [6.07, 6.45) is -1.11. The van der Waals surface area contributed by atoms with Crippen molar-refractivity contribution in [3.63, 3.8) is 0 Å². The van der Waals surface area contributed by atoms with E-state index < -0.39 is 12.3 Å². The van der Waals surface area contributed by atoms with Crippen LogP contribution < -0.4 is 0 Å². The molecule has 0 amide bonds. The van der Waals surface area contributed by atoms with Gasteiger partial charge in [-0.05, 0) is 0 Å². The third kappa shape index (κ3) is 1.26. The number of aliphatic hydroxyl groups excluding tert-OH is 1. The Kier molecular flexibility index (Phi) is 1.83. The number of ether oxygens (including phenoxy) is 1. The number of hydrogen-bond acceptors (Lipinski definition) is 3. The maximum absolute atomic E-state index is 12.4. The van der Waals surface area contributed by atoms with Crippen molar-refractivity contribution >= 4 is 0 Å². The Morgan fingerprint density at radius 3 is 2.55 bits per heavy atom. The minimum atomic E-state index is -0.692. The Morgan fingerprint density at radius 1 is 1.36 bits per heavy atom. The fourth-order valence-corrected chi connectivity index (χ4v) is 1.61. The molecule has 0 aromatic rings. The number of aliphatic hydroxyl groups is 1. The second-order valence-electron chi connectivity index (χ2n) is 3.22. The van der Waals surface area contributed by atoms with E-state index in [2.05, 4.69) is 0 Å². The zero-order valence-corrected chi connectivity index (χ0v) is 6.24. The number of likely N-dealkylation sites (tertiary alicyclic amines) is 1. The number of rotatable bonds is 1. The molecule has 2 aliphatic rings. The normalized spacial score (nSPS) is 40.9. The molecule has 0 aliphatic carbocycles. The molecule has 0 saturated carbocycles. The van der Waals surface area contributed by atoms with Gasteiger partial charge in [0.1, 0.15) is 6.17 Å². The maximum Gasteiger partial charge on any atom is 0.125 e. The van der Waals surface area contributed by atoms with Crippen LogP contribution in [0.1, 0.15) is 0 Å². The zero-order chi connectivity index (χ0) is 7.84. The van der Waals surface area contributed by atoms with Crippen LogP contribution in [0, 0.1) is 0 Å². The molecule has 3 nitrogen and oxygen atoms in total. The summed E-state index contributed by atoms with van der Waals surface area (Å²) >= 11 is 0. The van der Waals surface area contributed by atoms with Gasteiger partial charge in [0, 0.05) is 13.1 Å². The zero-order valence-electron chi connectivity index (χ0n) is 6.24. The summed E-state index contributed by atoms with van der Waals surface area (Å²) in [6, 6.07) is 0.0435. The number of alkyl halides is 1. The third-order valence-corrected chi connectivity index (χ3v) is 2.36. The molecule has 0 aromatic carbocycles. The van der Waals surface area contributed by atoms with Crippen LogP contribution in [-0.4, -0.2) is 54.6 Å². The molecule has 2 heterocycles. The van der Waals surface area contributed by atoms with E-state index in [1.807, 2.05) is 4.90 Å². The highest BCUT2D eigenvalue weighted by atomic mass is 19.1. The van der Waals surface area contributed by atoms with E-state index in [1.165, 1.54) is 0 Å². The van der Waals surface area contributed by atoms with Crippen molar-refractivity contribution in [2.75, 3.05) is 26.3 Å². The summed E-state index contributed by atoms with van der Waals surface area (Å²) in [6.45, 7) is 1.88. The van der Waals surface area contributed by atoms with E-state index in [9.17, 15) is 9.50 Å². The van der Waals surface area contributed by atoms with Crippen LogP contribution in [0.25, 0.3) is 0 Å². The van der Waals surface area contributed by atoms with E-state index in [-0.39, 0.29) is 6.04 Å². The third-order valence-electron chi connectivity index (χ3n) is 2.36. The van der Waals surface area contributed by atoms with Crippen LogP contribution in [0.2, 0.25) is 0 Å². The van der Waals surface area contributed by atoms with E-state index in [4.69, 9.17) is 4.74 Å². The average molecular weight is 161 g/mol.